The molecular weight excluding hydrogens is 323 g/mol. The van der Waals surface area contributed by atoms with Crippen LogP contribution in [0.25, 0.3) is 0 Å². The predicted octanol–water partition coefficient (Wildman–Crippen LogP) is 2.68. The van der Waals surface area contributed by atoms with Crippen molar-refractivity contribution < 1.29 is 32.6 Å². The Labute approximate surface area is 128 Å². The van der Waals surface area contributed by atoms with Gasteiger partial charge in [-0.15, -0.1) is 13.2 Å². The van der Waals surface area contributed by atoms with Gasteiger partial charge in [0, 0.05) is 31.2 Å². The third-order valence-corrected chi connectivity index (χ3v) is 3.87. The molecule has 9 heteroatoms. The number of rotatable bonds is 3. The number of halogens is 3. The lowest BCUT2D eigenvalue weighted by Gasteiger charge is -2.19. The zero-order chi connectivity index (χ0) is 16.5. The molecule has 22 heavy (non-hydrogen) atoms. The normalized spacial score (nSPS) is 18.6. The number of anilines is 1. The van der Waals surface area contributed by atoms with Gasteiger partial charge in [0.2, 0.25) is 5.91 Å². The van der Waals surface area contributed by atoms with Crippen molar-refractivity contribution >= 4 is 28.5 Å². The van der Waals surface area contributed by atoms with Crippen molar-refractivity contribution in [2.24, 2.45) is 0 Å². The molecule has 2 rings (SSSR count). The summed E-state index contributed by atoms with van der Waals surface area (Å²) in [5.41, 5.74) is -0.0709. The van der Waals surface area contributed by atoms with E-state index >= 15 is 0 Å². The van der Waals surface area contributed by atoms with E-state index in [1.165, 1.54) is 6.92 Å². The van der Waals surface area contributed by atoms with Gasteiger partial charge in [-0.3, -0.25) is 9.59 Å². The molecule has 1 fully saturated rings. The number of alkyl halides is 3. The van der Waals surface area contributed by atoms with Gasteiger partial charge in [-0.25, -0.2) is 0 Å². The topological polar surface area (TPSA) is 66.8 Å². The van der Waals surface area contributed by atoms with Gasteiger partial charge < -0.3 is 14.7 Å². The average Bonchev–Trinajstić information content (AvgIpc) is 2.70. The molecule has 1 atom stereocenters. The first kappa shape index (κ1) is 16.5. The Morgan fingerprint density at radius 1 is 1.45 bits per heavy atom. The van der Waals surface area contributed by atoms with Gasteiger partial charge in [0.1, 0.15) is 11.5 Å². The molecule has 1 unspecified atom stereocenters. The molecule has 1 aliphatic rings. The molecule has 1 heterocycles. The maximum Gasteiger partial charge on any atom is 0.573 e. The Balaban J connectivity index is 2.22. The molecule has 1 N–H and O–H groups in total. The molecule has 120 valence electrons. The Hall–Kier alpha value is -1.90. The van der Waals surface area contributed by atoms with Crippen molar-refractivity contribution in [1.29, 1.82) is 0 Å². The molecule has 0 spiro atoms. The minimum absolute atomic E-state index is 0.0709. The summed E-state index contributed by atoms with van der Waals surface area (Å²) in [5, 5.41) is 9.33. The van der Waals surface area contributed by atoms with Crippen LogP contribution in [0.1, 0.15) is 13.3 Å². The summed E-state index contributed by atoms with van der Waals surface area (Å²) in [7, 11) is 0. The van der Waals surface area contributed by atoms with Crippen LogP contribution in [-0.2, 0) is 9.59 Å². The van der Waals surface area contributed by atoms with Crippen LogP contribution in [0.4, 0.5) is 18.9 Å². The molecule has 5 nitrogen and oxygen atoms in total. The number of hydrogen-bond donors (Lipinski definition) is 1. The summed E-state index contributed by atoms with van der Waals surface area (Å²) in [6.45, 7) is 1.50. The summed E-state index contributed by atoms with van der Waals surface area (Å²) in [5.74, 6) is -1.25. The zero-order valence-corrected chi connectivity index (χ0v) is 12.2. The van der Waals surface area contributed by atoms with Crippen molar-refractivity contribution in [3.8, 4) is 11.5 Å². The van der Waals surface area contributed by atoms with E-state index in [9.17, 15) is 27.9 Å². The highest BCUT2D eigenvalue weighted by atomic mass is 32.2. The van der Waals surface area contributed by atoms with Gasteiger partial charge in [0.05, 0.1) is 5.69 Å². The molecule has 0 aliphatic carbocycles. The van der Waals surface area contributed by atoms with Crippen LogP contribution in [0.5, 0.6) is 11.5 Å². The van der Waals surface area contributed by atoms with E-state index in [1.807, 2.05) is 0 Å². The average molecular weight is 335 g/mol. The second kappa shape index (κ2) is 6.07. The number of carbonyl (C=O) groups excluding carboxylic acids is 2. The zero-order valence-electron chi connectivity index (χ0n) is 11.4. The number of carbonyl (C=O) groups is 2. The van der Waals surface area contributed by atoms with Gasteiger partial charge in [-0.05, 0) is 12.1 Å². The fourth-order valence-corrected chi connectivity index (χ4v) is 3.06. The molecular formula is C13H12F3NO4S. The fourth-order valence-electron chi connectivity index (χ4n) is 2.14. The van der Waals surface area contributed by atoms with E-state index in [4.69, 9.17) is 0 Å². The third-order valence-electron chi connectivity index (χ3n) is 2.89. The number of thioether (sulfide) groups is 1. The summed E-state index contributed by atoms with van der Waals surface area (Å²) < 4.78 is 40.5. The Bertz CT molecular complexity index is 605. The van der Waals surface area contributed by atoms with Gasteiger partial charge in [0.15, 0.2) is 5.12 Å². The Kier molecular flexibility index (Phi) is 4.55. The standard InChI is InChI=1S/C13H12F3NO4S/c1-7(18)22-9-5-12(20)17(6-9)10-4-8(2-3-11(10)19)21-13(14,15)16/h2-4,9,19H,5-6H2,1H3. The monoisotopic (exact) mass is 335 g/mol. The van der Waals surface area contributed by atoms with Crippen molar-refractivity contribution in [1.82, 2.24) is 0 Å². The number of amides is 1. The Morgan fingerprint density at radius 2 is 2.14 bits per heavy atom. The van der Waals surface area contributed by atoms with Gasteiger partial charge in [-0.1, -0.05) is 11.8 Å². The maximum absolute atomic E-state index is 12.2. The highest BCUT2D eigenvalue weighted by molar-refractivity contribution is 8.14. The third kappa shape index (κ3) is 4.06. The molecule has 1 aromatic carbocycles. The summed E-state index contributed by atoms with van der Waals surface area (Å²) >= 11 is 0.990. The van der Waals surface area contributed by atoms with Crippen LogP contribution in [-0.4, -0.2) is 34.3 Å². The van der Waals surface area contributed by atoms with Crippen molar-refractivity contribution in [3.05, 3.63) is 18.2 Å². The smallest absolute Gasteiger partial charge is 0.506 e. The molecule has 1 saturated heterocycles. The van der Waals surface area contributed by atoms with E-state index < -0.39 is 12.1 Å². The maximum atomic E-state index is 12.2. The van der Waals surface area contributed by atoms with Crippen LogP contribution in [0.2, 0.25) is 0 Å². The second-order valence-corrected chi connectivity index (χ2v) is 6.12. The SMILES string of the molecule is CC(=O)SC1CC(=O)N(c2cc(OC(F)(F)F)ccc2O)C1. The lowest BCUT2D eigenvalue weighted by molar-refractivity contribution is -0.274. The number of hydrogen-bond acceptors (Lipinski definition) is 5. The lowest BCUT2D eigenvalue weighted by atomic mass is 10.2. The van der Waals surface area contributed by atoms with Crippen LogP contribution in [0, 0.1) is 0 Å². The molecule has 0 saturated carbocycles. The number of phenolic OH excluding ortho intramolecular Hbond substituents is 1. The van der Waals surface area contributed by atoms with Crippen molar-refractivity contribution in [2.45, 2.75) is 25.0 Å². The quantitative estimate of drug-likeness (QED) is 0.920. The molecule has 0 bridgehead atoms. The number of ether oxygens (including phenoxy) is 1. The first-order chi connectivity index (χ1) is 10.2. The van der Waals surface area contributed by atoms with Gasteiger partial charge in [-0.2, -0.15) is 0 Å². The van der Waals surface area contributed by atoms with Crippen LogP contribution in [0.15, 0.2) is 18.2 Å². The first-order valence-corrected chi connectivity index (χ1v) is 7.10. The van der Waals surface area contributed by atoms with Crippen molar-refractivity contribution in [3.63, 3.8) is 0 Å². The summed E-state index contributed by atoms with van der Waals surface area (Å²) in [4.78, 5) is 24.2. The molecule has 1 aromatic rings. The van der Waals surface area contributed by atoms with Gasteiger partial charge in [0.25, 0.3) is 0 Å². The van der Waals surface area contributed by atoms with Crippen molar-refractivity contribution in [2.75, 3.05) is 11.4 Å². The van der Waals surface area contributed by atoms with E-state index in [-0.39, 0.29) is 40.7 Å². The highest BCUT2D eigenvalue weighted by Gasteiger charge is 2.35. The largest absolute Gasteiger partial charge is 0.573 e. The number of phenols is 1. The predicted molar refractivity (Wildman–Crippen MR) is 73.8 cm³/mol. The molecule has 0 radical (unpaired) electrons. The summed E-state index contributed by atoms with van der Waals surface area (Å²) in [6.07, 6.45) is -4.79. The van der Waals surface area contributed by atoms with Crippen LogP contribution < -0.4 is 9.64 Å². The molecule has 1 aliphatic heterocycles. The fraction of sp³-hybridized carbons (Fsp3) is 0.385. The van der Waals surface area contributed by atoms with E-state index in [1.54, 1.807) is 0 Å². The summed E-state index contributed by atoms with van der Waals surface area (Å²) in [6, 6.07) is 2.92. The molecule has 1 amide bonds. The highest BCUT2D eigenvalue weighted by Crippen LogP contribution is 2.37. The van der Waals surface area contributed by atoms with Crippen LogP contribution in [0.3, 0.4) is 0 Å². The second-order valence-electron chi connectivity index (χ2n) is 4.64. The minimum Gasteiger partial charge on any atom is -0.506 e. The Morgan fingerprint density at radius 3 is 2.73 bits per heavy atom. The number of nitrogens with zero attached hydrogens (tertiary/aromatic N) is 1. The van der Waals surface area contributed by atoms with Crippen LogP contribution >= 0.6 is 11.8 Å². The van der Waals surface area contributed by atoms with Gasteiger partial charge >= 0.3 is 6.36 Å². The van der Waals surface area contributed by atoms with E-state index in [2.05, 4.69) is 4.74 Å². The number of aromatic hydroxyl groups is 1. The van der Waals surface area contributed by atoms with E-state index in [0.29, 0.717) is 0 Å². The molecule has 0 aromatic heterocycles. The number of benzene rings is 1. The minimum atomic E-state index is -4.86. The van der Waals surface area contributed by atoms with E-state index in [0.717, 1.165) is 34.9 Å². The first-order valence-electron chi connectivity index (χ1n) is 6.22. The lowest BCUT2D eigenvalue weighted by Crippen LogP contribution is -2.25.